The molecule has 0 radical (unpaired) electrons. The Kier molecular flexibility index (Phi) is 7.17. The van der Waals surface area contributed by atoms with Crippen molar-refractivity contribution in [2.45, 2.75) is 94.7 Å². The zero-order valence-corrected chi connectivity index (χ0v) is 24.8. The van der Waals surface area contributed by atoms with Crippen molar-refractivity contribution in [2.75, 3.05) is 0 Å². The number of benzene rings is 2. The molecule has 1 fully saturated rings. The number of hydrogen-bond donors (Lipinski definition) is 0. The minimum absolute atomic E-state index is 0.170. The van der Waals surface area contributed by atoms with Gasteiger partial charge in [0.1, 0.15) is 0 Å². The SMILES string of the molecule is CC1=C(C)C(C)([Si](c2ccccc2)(c2cc(C)cc(C)c2)C2CCCCC2)[C]([Ti]([CH3])[CH3])=C1C. The van der Waals surface area contributed by atoms with Gasteiger partial charge in [0.05, 0.1) is 0 Å². The van der Waals surface area contributed by atoms with Crippen molar-refractivity contribution in [3.8, 4) is 0 Å². The number of hydrogen-bond acceptors (Lipinski definition) is 0. The van der Waals surface area contributed by atoms with E-state index in [0.29, 0.717) is 0 Å². The van der Waals surface area contributed by atoms with E-state index in [4.69, 9.17) is 0 Å². The third-order valence-corrected chi connectivity index (χ3v) is 18.9. The monoisotopic (exact) mass is 491 g/mol. The van der Waals surface area contributed by atoms with E-state index in [1.165, 1.54) is 43.2 Å². The maximum atomic E-state index is 2.71. The van der Waals surface area contributed by atoms with Crippen LogP contribution in [0.25, 0.3) is 0 Å². The fraction of sp³-hybridized carbons (Fsp3) is 0.484. The van der Waals surface area contributed by atoms with Crippen LogP contribution in [0.2, 0.25) is 21.0 Å². The number of aryl methyl sites for hydroxylation is 2. The van der Waals surface area contributed by atoms with Crippen molar-refractivity contribution in [2.24, 2.45) is 0 Å². The molecule has 175 valence electrons. The van der Waals surface area contributed by atoms with E-state index >= 15 is 0 Å². The van der Waals surface area contributed by atoms with Gasteiger partial charge in [-0.1, -0.05) is 0 Å². The number of allylic oxidation sites excluding steroid dienone is 4. The fourth-order valence-electron chi connectivity index (χ4n) is 7.84. The average Bonchev–Trinajstić information content (AvgIpc) is 2.96. The molecule has 0 amide bonds. The topological polar surface area (TPSA) is 0 Å². The molecule has 4 rings (SSSR count). The zero-order valence-electron chi connectivity index (χ0n) is 22.2. The molecule has 33 heavy (non-hydrogen) atoms. The first-order valence-electron chi connectivity index (χ1n) is 13.0. The summed E-state index contributed by atoms with van der Waals surface area (Å²) >= 11 is -1.35. The van der Waals surface area contributed by atoms with Crippen LogP contribution in [0.1, 0.15) is 70.9 Å². The molecule has 0 nitrogen and oxygen atoms in total. The zero-order chi connectivity index (χ0) is 24.0. The molecule has 0 N–H and O–H groups in total. The first kappa shape index (κ1) is 25.0. The minimum atomic E-state index is -2.25. The molecule has 0 spiro atoms. The van der Waals surface area contributed by atoms with Crippen molar-refractivity contribution in [3.63, 3.8) is 0 Å². The van der Waals surface area contributed by atoms with Gasteiger partial charge in [-0.05, 0) is 0 Å². The van der Waals surface area contributed by atoms with Gasteiger partial charge < -0.3 is 0 Å². The molecule has 0 saturated heterocycles. The Hall–Kier alpha value is -1.15. The first-order chi connectivity index (χ1) is 15.7. The summed E-state index contributed by atoms with van der Waals surface area (Å²) in [6.07, 6.45) is 6.99. The van der Waals surface area contributed by atoms with Gasteiger partial charge in [-0.2, -0.15) is 0 Å². The van der Waals surface area contributed by atoms with Crippen molar-refractivity contribution in [1.29, 1.82) is 0 Å². The van der Waals surface area contributed by atoms with Gasteiger partial charge in [0.2, 0.25) is 0 Å². The molecule has 2 atom stereocenters. The third-order valence-electron chi connectivity index (χ3n) is 9.16. The van der Waals surface area contributed by atoms with Crippen LogP contribution >= 0.6 is 0 Å². The second-order valence-electron chi connectivity index (χ2n) is 11.3. The summed E-state index contributed by atoms with van der Waals surface area (Å²) in [5.74, 6) is 0. The Morgan fingerprint density at radius 3 is 1.88 bits per heavy atom. The van der Waals surface area contributed by atoms with Crippen LogP contribution in [0.15, 0.2) is 69.1 Å². The second kappa shape index (κ2) is 9.48. The normalized spacial score (nSPS) is 23.8. The van der Waals surface area contributed by atoms with Crippen LogP contribution in [0.5, 0.6) is 0 Å². The molecule has 0 bridgehead atoms. The van der Waals surface area contributed by atoms with Crippen LogP contribution < -0.4 is 10.4 Å². The second-order valence-corrected chi connectivity index (χ2v) is 19.8. The van der Waals surface area contributed by atoms with Gasteiger partial charge in [-0.25, -0.2) is 0 Å². The summed E-state index contributed by atoms with van der Waals surface area (Å²) in [5, 5.41) is 8.75. The van der Waals surface area contributed by atoms with Crippen LogP contribution in [-0.2, 0) is 17.9 Å². The molecule has 2 aliphatic rings. The average molecular weight is 492 g/mol. The summed E-state index contributed by atoms with van der Waals surface area (Å²) in [5.41, 5.74) is 8.57. The predicted octanol–water partition coefficient (Wildman–Crippen LogP) is 8.30. The van der Waals surface area contributed by atoms with Gasteiger partial charge in [0.25, 0.3) is 0 Å². The fourth-order valence-corrected chi connectivity index (χ4v) is 20.6. The van der Waals surface area contributed by atoms with Gasteiger partial charge in [0.15, 0.2) is 0 Å². The van der Waals surface area contributed by atoms with Crippen molar-refractivity contribution in [1.82, 2.24) is 0 Å². The Morgan fingerprint density at radius 1 is 0.758 bits per heavy atom. The van der Waals surface area contributed by atoms with E-state index in [1.54, 1.807) is 27.1 Å². The molecule has 1 saturated carbocycles. The van der Waals surface area contributed by atoms with E-state index in [-0.39, 0.29) is 5.04 Å². The van der Waals surface area contributed by atoms with E-state index in [2.05, 4.69) is 101 Å². The maximum absolute atomic E-state index is 2.71. The Morgan fingerprint density at radius 2 is 1.33 bits per heavy atom. The standard InChI is InChI=1S/C29H37Si.2CH3.Ti/c1-21-17-22(2)19-28(18-21)30(26-13-9-7-10-14-26,27-15-11-8-12-16-27)29(6)20-23(3)24(4)25(29)5;;;/h7,9-10,13-14,17-19,27H,8,11-12,15-16H2,1-6H3;2*1H3;. The molecule has 0 aromatic heterocycles. The molecule has 2 heteroatoms. The van der Waals surface area contributed by atoms with E-state index in [1.807, 2.05) is 3.88 Å². The van der Waals surface area contributed by atoms with E-state index in [9.17, 15) is 0 Å². The van der Waals surface area contributed by atoms with Crippen molar-refractivity contribution in [3.05, 3.63) is 80.3 Å². The summed E-state index contributed by atoms with van der Waals surface area (Å²) in [7, 11) is -2.25. The molecule has 0 aliphatic heterocycles. The van der Waals surface area contributed by atoms with Crippen LogP contribution in [-0.4, -0.2) is 8.07 Å². The molecular formula is C31H43SiTi. The molecule has 2 aromatic carbocycles. The Balaban J connectivity index is 2.19. The van der Waals surface area contributed by atoms with Gasteiger partial charge >= 0.3 is 211 Å². The molecule has 0 heterocycles. The van der Waals surface area contributed by atoms with Crippen molar-refractivity contribution >= 4 is 18.4 Å². The first-order valence-corrected chi connectivity index (χ1v) is 19.0. The molecule has 2 unspecified atom stereocenters. The molecular weight excluding hydrogens is 448 g/mol. The quantitative estimate of drug-likeness (QED) is 0.369. The van der Waals surface area contributed by atoms with Gasteiger partial charge in [0, 0.05) is 0 Å². The predicted molar refractivity (Wildman–Crippen MR) is 145 cm³/mol. The van der Waals surface area contributed by atoms with Crippen molar-refractivity contribution < 1.29 is 17.9 Å². The Bertz CT molecular complexity index is 1070. The van der Waals surface area contributed by atoms with E-state index < -0.39 is 25.9 Å². The van der Waals surface area contributed by atoms with Crippen LogP contribution in [0.4, 0.5) is 0 Å². The van der Waals surface area contributed by atoms with Crippen LogP contribution in [0, 0.1) is 13.8 Å². The Labute approximate surface area is 210 Å². The summed E-state index contributed by atoms with van der Waals surface area (Å²) in [6, 6.07) is 19.5. The van der Waals surface area contributed by atoms with Gasteiger partial charge in [-0.3, -0.25) is 0 Å². The number of rotatable bonds is 5. The summed E-state index contributed by atoms with van der Waals surface area (Å²) < 4.78 is 1.89. The van der Waals surface area contributed by atoms with E-state index in [0.717, 1.165) is 5.54 Å². The third kappa shape index (κ3) is 3.83. The van der Waals surface area contributed by atoms with Crippen LogP contribution in [0.3, 0.4) is 0 Å². The molecule has 2 aromatic rings. The molecule has 2 aliphatic carbocycles. The van der Waals surface area contributed by atoms with Gasteiger partial charge in [-0.15, -0.1) is 0 Å². The summed E-state index contributed by atoms with van der Waals surface area (Å²) in [4.78, 5) is 0. The summed E-state index contributed by atoms with van der Waals surface area (Å²) in [6.45, 7) is 14.7.